The SMILES string of the molecule is COc1ccc(C(=O)Oc2ccc(Br)cc2/C=N\NC(=O)COc2cccc3ccccc23)cc1. The van der Waals surface area contributed by atoms with Crippen molar-refractivity contribution in [3.63, 3.8) is 0 Å². The maximum absolute atomic E-state index is 12.5. The molecule has 0 radical (unpaired) electrons. The van der Waals surface area contributed by atoms with Gasteiger partial charge in [-0.15, -0.1) is 0 Å². The molecule has 0 atom stereocenters. The number of rotatable bonds is 8. The summed E-state index contributed by atoms with van der Waals surface area (Å²) in [6.07, 6.45) is 1.40. The summed E-state index contributed by atoms with van der Waals surface area (Å²) >= 11 is 3.39. The van der Waals surface area contributed by atoms with Gasteiger partial charge in [-0.2, -0.15) is 5.10 Å². The molecule has 0 bridgehead atoms. The van der Waals surface area contributed by atoms with Gasteiger partial charge < -0.3 is 14.2 Å². The van der Waals surface area contributed by atoms with E-state index in [1.807, 2.05) is 42.5 Å². The van der Waals surface area contributed by atoms with Crippen LogP contribution in [0.25, 0.3) is 10.8 Å². The Morgan fingerprint density at radius 2 is 1.71 bits per heavy atom. The standard InChI is InChI=1S/C27H21BrN2O5/c1-33-22-12-9-19(10-13-22)27(32)35-24-14-11-21(28)15-20(24)16-29-30-26(31)17-34-25-8-4-6-18-5-2-3-7-23(18)25/h2-16H,17H2,1H3,(H,30,31)/b29-16-. The molecule has 0 heterocycles. The number of halogens is 1. The zero-order valence-corrected chi connectivity index (χ0v) is 20.3. The lowest BCUT2D eigenvalue weighted by Crippen LogP contribution is -2.24. The average Bonchev–Trinajstić information content (AvgIpc) is 2.89. The Kier molecular flexibility index (Phi) is 7.74. The van der Waals surface area contributed by atoms with Crippen molar-refractivity contribution in [3.8, 4) is 17.2 Å². The van der Waals surface area contributed by atoms with Crippen LogP contribution in [0.3, 0.4) is 0 Å². The Bertz CT molecular complexity index is 1380. The van der Waals surface area contributed by atoms with Crippen molar-refractivity contribution in [1.82, 2.24) is 5.43 Å². The number of benzene rings is 4. The number of hydrogen-bond acceptors (Lipinski definition) is 6. The zero-order chi connectivity index (χ0) is 24.6. The molecule has 176 valence electrons. The molecule has 4 rings (SSSR count). The highest BCUT2D eigenvalue weighted by Gasteiger charge is 2.12. The Balaban J connectivity index is 1.38. The molecule has 0 saturated carbocycles. The van der Waals surface area contributed by atoms with E-state index in [-0.39, 0.29) is 6.61 Å². The fraction of sp³-hybridized carbons (Fsp3) is 0.0741. The summed E-state index contributed by atoms with van der Waals surface area (Å²) in [6.45, 7) is -0.205. The van der Waals surface area contributed by atoms with Gasteiger partial charge in [0.15, 0.2) is 6.61 Å². The van der Waals surface area contributed by atoms with Crippen LogP contribution < -0.4 is 19.6 Å². The lowest BCUT2D eigenvalue weighted by molar-refractivity contribution is -0.123. The van der Waals surface area contributed by atoms with Gasteiger partial charge in [-0.05, 0) is 53.9 Å². The number of hydrazone groups is 1. The molecule has 0 aliphatic carbocycles. The quantitative estimate of drug-likeness (QED) is 0.143. The van der Waals surface area contributed by atoms with E-state index in [4.69, 9.17) is 14.2 Å². The second-order valence-electron chi connectivity index (χ2n) is 7.36. The van der Waals surface area contributed by atoms with Gasteiger partial charge in [-0.3, -0.25) is 4.79 Å². The number of carbonyl (C=O) groups excluding carboxylic acids is 2. The number of methoxy groups -OCH3 is 1. The van der Waals surface area contributed by atoms with Gasteiger partial charge in [0.05, 0.1) is 18.9 Å². The summed E-state index contributed by atoms with van der Waals surface area (Å²) < 4.78 is 17.1. The number of ether oxygens (including phenoxy) is 3. The summed E-state index contributed by atoms with van der Waals surface area (Å²) in [5, 5.41) is 5.93. The van der Waals surface area contributed by atoms with E-state index in [1.54, 1.807) is 49.6 Å². The Morgan fingerprint density at radius 3 is 2.51 bits per heavy atom. The van der Waals surface area contributed by atoms with Gasteiger partial charge >= 0.3 is 5.97 Å². The van der Waals surface area contributed by atoms with Crippen LogP contribution in [-0.2, 0) is 4.79 Å². The van der Waals surface area contributed by atoms with E-state index in [9.17, 15) is 9.59 Å². The second-order valence-corrected chi connectivity index (χ2v) is 8.27. The minimum atomic E-state index is -0.530. The minimum Gasteiger partial charge on any atom is -0.497 e. The largest absolute Gasteiger partial charge is 0.497 e. The molecular weight excluding hydrogens is 512 g/mol. The smallest absolute Gasteiger partial charge is 0.343 e. The highest BCUT2D eigenvalue weighted by Crippen LogP contribution is 2.25. The molecule has 0 aliphatic heterocycles. The normalized spacial score (nSPS) is 10.8. The maximum atomic E-state index is 12.5. The summed E-state index contributed by atoms with van der Waals surface area (Å²) in [5.74, 6) is 0.581. The Morgan fingerprint density at radius 1 is 0.943 bits per heavy atom. The number of carbonyl (C=O) groups is 2. The fourth-order valence-electron chi connectivity index (χ4n) is 3.27. The van der Waals surface area contributed by atoms with E-state index in [0.717, 1.165) is 15.2 Å². The molecule has 1 N–H and O–H groups in total. The first-order valence-corrected chi connectivity index (χ1v) is 11.4. The summed E-state index contributed by atoms with van der Waals surface area (Å²) in [4.78, 5) is 24.8. The van der Waals surface area contributed by atoms with Crippen molar-refractivity contribution in [2.75, 3.05) is 13.7 Å². The summed E-state index contributed by atoms with van der Waals surface area (Å²) in [6, 6.07) is 25.1. The molecule has 0 aromatic heterocycles. The van der Waals surface area contributed by atoms with Crippen LogP contribution in [0.15, 0.2) is 94.5 Å². The third-order valence-corrected chi connectivity index (χ3v) is 5.49. The van der Waals surface area contributed by atoms with Gasteiger partial charge in [-0.25, -0.2) is 10.2 Å². The Hall–Kier alpha value is -4.17. The van der Waals surface area contributed by atoms with E-state index in [2.05, 4.69) is 26.5 Å². The topological polar surface area (TPSA) is 86.2 Å². The molecule has 0 unspecified atom stereocenters. The maximum Gasteiger partial charge on any atom is 0.343 e. The molecule has 7 nitrogen and oxygen atoms in total. The highest BCUT2D eigenvalue weighted by molar-refractivity contribution is 9.10. The summed E-state index contributed by atoms with van der Waals surface area (Å²) in [5.41, 5.74) is 3.30. The number of nitrogens with zero attached hydrogens (tertiary/aromatic N) is 1. The number of esters is 1. The Labute approximate surface area is 210 Å². The van der Waals surface area contributed by atoms with Crippen LogP contribution in [0.4, 0.5) is 0 Å². The van der Waals surface area contributed by atoms with Crippen LogP contribution in [0.2, 0.25) is 0 Å². The third-order valence-electron chi connectivity index (χ3n) is 5.00. The van der Waals surface area contributed by atoms with Crippen LogP contribution in [0.5, 0.6) is 17.2 Å². The van der Waals surface area contributed by atoms with E-state index in [1.165, 1.54) is 6.21 Å². The lowest BCUT2D eigenvalue weighted by Gasteiger charge is -2.09. The fourth-order valence-corrected chi connectivity index (χ4v) is 3.65. The van der Waals surface area contributed by atoms with Crippen molar-refractivity contribution < 1.29 is 23.8 Å². The third kappa shape index (κ3) is 6.24. The average molecular weight is 533 g/mol. The number of amides is 1. The number of hydrogen-bond donors (Lipinski definition) is 1. The monoisotopic (exact) mass is 532 g/mol. The molecule has 0 fully saturated rings. The zero-order valence-electron chi connectivity index (χ0n) is 18.7. The molecule has 0 spiro atoms. The lowest BCUT2D eigenvalue weighted by atomic mass is 10.1. The van der Waals surface area contributed by atoms with Gasteiger partial charge in [0.25, 0.3) is 5.91 Å². The first-order chi connectivity index (χ1) is 17.0. The van der Waals surface area contributed by atoms with Crippen molar-refractivity contribution in [2.45, 2.75) is 0 Å². The molecule has 0 saturated heterocycles. The molecule has 8 heteroatoms. The first-order valence-electron chi connectivity index (χ1n) is 10.6. The van der Waals surface area contributed by atoms with Crippen LogP contribution in [-0.4, -0.2) is 31.8 Å². The molecule has 0 aliphatic rings. The van der Waals surface area contributed by atoms with Crippen LogP contribution in [0.1, 0.15) is 15.9 Å². The van der Waals surface area contributed by atoms with Crippen molar-refractivity contribution >= 4 is 44.8 Å². The van der Waals surface area contributed by atoms with Crippen LogP contribution in [0, 0.1) is 0 Å². The number of fused-ring (bicyclic) bond motifs is 1. The first kappa shape index (κ1) is 24.0. The molecule has 4 aromatic carbocycles. The molecule has 4 aromatic rings. The number of nitrogens with one attached hydrogen (secondary N) is 1. The minimum absolute atomic E-state index is 0.205. The summed E-state index contributed by atoms with van der Waals surface area (Å²) in [7, 11) is 1.55. The predicted molar refractivity (Wildman–Crippen MR) is 137 cm³/mol. The van der Waals surface area contributed by atoms with Crippen molar-refractivity contribution in [1.29, 1.82) is 0 Å². The molecule has 35 heavy (non-hydrogen) atoms. The van der Waals surface area contributed by atoms with Crippen molar-refractivity contribution in [2.24, 2.45) is 5.10 Å². The van der Waals surface area contributed by atoms with E-state index in [0.29, 0.717) is 28.4 Å². The molecule has 1 amide bonds. The van der Waals surface area contributed by atoms with Gasteiger partial charge in [0, 0.05) is 15.4 Å². The second kappa shape index (κ2) is 11.3. The van der Waals surface area contributed by atoms with Gasteiger partial charge in [0.1, 0.15) is 17.2 Å². The predicted octanol–water partition coefficient (Wildman–Crippen LogP) is 5.36. The van der Waals surface area contributed by atoms with Crippen molar-refractivity contribution in [3.05, 3.63) is 101 Å². The van der Waals surface area contributed by atoms with Crippen LogP contribution >= 0.6 is 15.9 Å². The molecular formula is C27H21BrN2O5. The van der Waals surface area contributed by atoms with E-state index < -0.39 is 11.9 Å². The van der Waals surface area contributed by atoms with Gasteiger partial charge in [-0.1, -0.05) is 52.3 Å². The highest BCUT2D eigenvalue weighted by atomic mass is 79.9. The van der Waals surface area contributed by atoms with E-state index >= 15 is 0 Å². The van der Waals surface area contributed by atoms with Gasteiger partial charge in [0.2, 0.25) is 0 Å².